The van der Waals surface area contributed by atoms with Crippen LogP contribution in [0.4, 0.5) is 16.2 Å². The summed E-state index contributed by atoms with van der Waals surface area (Å²) >= 11 is 0. The number of hydrogen-bond acceptors (Lipinski definition) is 14. The molecule has 47 heavy (non-hydrogen) atoms. The van der Waals surface area contributed by atoms with Crippen LogP contribution < -0.4 is 15.5 Å². The third kappa shape index (κ3) is 9.39. The number of anilines is 2. The van der Waals surface area contributed by atoms with Crippen molar-refractivity contribution >= 4 is 52.6 Å². The molecule has 0 fully saturated rings. The molecule has 0 aromatic heterocycles. The Hall–Kier alpha value is -2.42. The monoisotopic (exact) mass is 732 g/mol. The number of hydrogen-bond donors (Lipinski definition) is 11. The standard InChI is InChI=1S/C23H35N4O17P3/c1-11(4-5-42-47(40,41)44-46(37,38)39)14(9-28)23-20(24-22(33)25-21(23)32)27(16-7-13(3)12(2)6-15(16)26-23)8-17(29)19(31)18(30)10-43-45(34,35)36/h6-7,14,17-19,26,28-31H,1,4-5,8-10H2,2-3H3,(H,40,41)(H,25,32,33)(H2,34,35,36)(H2,37,38,39)/t14-,17+,18-,19+,23-/m1/s1. The van der Waals surface area contributed by atoms with Gasteiger partial charge in [-0.3, -0.25) is 19.2 Å². The first-order valence-electron chi connectivity index (χ1n) is 13.4. The molecule has 1 aromatic rings. The zero-order chi connectivity index (χ0) is 35.7. The van der Waals surface area contributed by atoms with Crippen molar-refractivity contribution in [2.45, 2.75) is 44.1 Å². The number of phosphoric ester groups is 2. The van der Waals surface area contributed by atoms with Gasteiger partial charge in [0.25, 0.3) is 5.91 Å². The van der Waals surface area contributed by atoms with Crippen molar-refractivity contribution in [2.75, 3.05) is 36.6 Å². The van der Waals surface area contributed by atoms with Gasteiger partial charge in [-0.1, -0.05) is 12.2 Å². The summed E-state index contributed by atoms with van der Waals surface area (Å²) in [5.74, 6) is -2.92. The van der Waals surface area contributed by atoms with E-state index in [0.29, 0.717) is 11.1 Å². The largest absolute Gasteiger partial charge is 0.481 e. The smallest absolute Gasteiger partial charge is 0.396 e. The molecule has 6 atom stereocenters. The molecule has 2 aliphatic heterocycles. The number of phosphoric acid groups is 3. The zero-order valence-corrected chi connectivity index (χ0v) is 27.4. The molecular formula is C23H35N4O17P3. The van der Waals surface area contributed by atoms with Gasteiger partial charge in [0.1, 0.15) is 18.3 Å². The molecule has 0 saturated heterocycles. The summed E-state index contributed by atoms with van der Waals surface area (Å²) in [7, 11) is -15.8. The van der Waals surface area contributed by atoms with Crippen molar-refractivity contribution in [2.24, 2.45) is 10.9 Å². The number of carbonyl (C=O) groups is 2. The average molecular weight is 732 g/mol. The normalized spacial score (nSPS) is 22.1. The lowest BCUT2D eigenvalue weighted by atomic mass is 9.74. The topological polar surface area (TPSA) is 335 Å². The average Bonchev–Trinajstić information content (AvgIpc) is 2.91. The number of amides is 3. The minimum absolute atomic E-state index is 0.0637. The Labute approximate surface area is 266 Å². The highest BCUT2D eigenvalue weighted by molar-refractivity contribution is 7.60. The fraction of sp³-hybridized carbons (Fsp3) is 0.522. The van der Waals surface area contributed by atoms with Gasteiger partial charge in [0.05, 0.1) is 37.7 Å². The molecule has 3 amide bonds. The van der Waals surface area contributed by atoms with Gasteiger partial charge in [-0.25, -0.2) is 18.5 Å². The molecule has 21 nitrogen and oxygen atoms in total. The first-order valence-corrected chi connectivity index (χ1v) is 18.0. The maximum absolute atomic E-state index is 13.8. The number of nitrogens with one attached hydrogen (secondary N) is 2. The Kier molecular flexibility index (Phi) is 12.1. The van der Waals surface area contributed by atoms with Crippen LogP contribution in [0, 0.1) is 19.8 Å². The van der Waals surface area contributed by atoms with Crippen LogP contribution in [0.25, 0.3) is 0 Å². The van der Waals surface area contributed by atoms with Crippen LogP contribution in [0.2, 0.25) is 0 Å². The van der Waals surface area contributed by atoms with Gasteiger partial charge in [-0.05, 0) is 43.5 Å². The van der Waals surface area contributed by atoms with Crippen molar-refractivity contribution in [3.63, 3.8) is 0 Å². The van der Waals surface area contributed by atoms with Crippen LogP contribution in [0.5, 0.6) is 0 Å². The molecule has 24 heteroatoms. The van der Waals surface area contributed by atoms with Crippen LogP contribution in [0.15, 0.2) is 29.3 Å². The van der Waals surface area contributed by atoms with Crippen molar-refractivity contribution in [1.29, 1.82) is 0 Å². The van der Waals surface area contributed by atoms with Gasteiger partial charge in [-0.2, -0.15) is 9.30 Å². The van der Waals surface area contributed by atoms with Crippen molar-refractivity contribution < 1.29 is 81.5 Å². The predicted molar refractivity (Wildman–Crippen MR) is 160 cm³/mol. The molecule has 0 radical (unpaired) electrons. The van der Waals surface area contributed by atoms with Crippen molar-refractivity contribution in [1.82, 2.24) is 5.32 Å². The van der Waals surface area contributed by atoms with E-state index in [9.17, 15) is 48.6 Å². The lowest BCUT2D eigenvalue weighted by molar-refractivity contribution is -0.124. The number of aliphatic hydroxyl groups excluding tert-OH is 4. The summed E-state index contributed by atoms with van der Waals surface area (Å²) in [6, 6.07) is 2.02. The van der Waals surface area contributed by atoms with E-state index in [1.807, 2.05) is 5.32 Å². The quantitative estimate of drug-likeness (QED) is 0.0709. The van der Waals surface area contributed by atoms with Gasteiger partial charge in [0.2, 0.25) is 0 Å². The predicted octanol–water partition coefficient (Wildman–Crippen LogP) is -1.10. The maximum Gasteiger partial charge on any atom is 0.481 e. The Morgan fingerprint density at radius 1 is 1.00 bits per heavy atom. The highest BCUT2D eigenvalue weighted by Crippen LogP contribution is 2.57. The molecule has 264 valence electrons. The molecule has 2 aliphatic rings. The summed E-state index contributed by atoms with van der Waals surface area (Å²) in [4.78, 5) is 76.4. The highest BCUT2D eigenvalue weighted by atomic mass is 31.3. The molecule has 0 saturated carbocycles. The minimum Gasteiger partial charge on any atom is -0.396 e. The Morgan fingerprint density at radius 2 is 1.62 bits per heavy atom. The summed E-state index contributed by atoms with van der Waals surface area (Å²) in [6.07, 6.45) is -6.49. The number of aliphatic hydroxyl groups is 4. The Morgan fingerprint density at radius 3 is 2.19 bits per heavy atom. The van der Waals surface area contributed by atoms with E-state index >= 15 is 0 Å². The molecule has 0 aliphatic carbocycles. The number of amidine groups is 1. The number of urea groups is 1. The van der Waals surface area contributed by atoms with Crippen LogP contribution in [-0.2, 0) is 31.8 Å². The number of carbonyl (C=O) groups excluding carboxylic acids is 2. The van der Waals surface area contributed by atoms with E-state index < -0.39 is 104 Å². The van der Waals surface area contributed by atoms with Gasteiger partial charge in [0.15, 0.2) is 11.4 Å². The molecule has 3 rings (SSSR count). The van der Waals surface area contributed by atoms with Crippen LogP contribution in [0.3, 0.4) is 0 Å². The second kappa shape index (κ2) is 14.6. The number of β-amino-alcohol motifs (C(OH)–C–C–N with tert-alkyl or cyclic N) is 1. The molecule has 11 N–H and O–H groups in total. The van der Waals surface area contributed by atoms with Crippen LogP contribution in [0.1, 0.15) is 17.5 Å². The Balaban J connectivity index is 2.05. The van der Waals surface area contributed by atoms with E-state index in [1.54, 1.807) is 26.0 Å². The van der Waals surface area contributed by atoms with Gasteiger partial charge < -0.3 is 55.1 Å². The molecule has 1 aromatic carbocycles. The molecule has 1 unspecified atom stereocenters. The first-order chi connectivity index (χ1) is 21.5. The summed E-state index contributed by atoms with van der Waals surface area (Å²) in [5.41, 5.74) is -0.481. The summed E-state index contributed by atoms with van der Waals surface area (Å²) in [6.45, 7) is 3.83. The lowest BCUT2D eigenvalue weighted by Gasteiger charge is -2.50. The third-order valence-electron chi connectivity index (χ3n) is 7.29. The van der Waals surface area contributed by atoms with E-state index in [4.69, 9.17) is 19.6 Å². The second-order valence-electron chi connectivity index (χ2n) is 10.6. The first kappa shape index (κ1) is 39.0. The summed E-state index contributed by atoms with van der Waals surface area (Å²) in [5, 5.41) is 47.3. The van der Waals surface area contributed by atoms with Gasteiger partial charge in [-0.15, -0.1) is 0 Å². The van der Waals surface area contributed by atoms with E-state index in [-0.39, 0.29) is 16.9 Å². The van der Waals surface area contributed by atoms with Crippen molar-refractivity contribution in [3.05, 3.63) is 35.4 Å². The minimum atomic E-state index is -5.43. The number of aryl methyl sites for hydroxylation is 2. The van der Waals surface area contributed by atoms with Gasteiger partial charge in [0, 0.05) is 5.92 Å². The molecule has 2 heterocycles. The fourth-order valence-corrected chi connectivity index (χ4v) is 6.89. The molecular weight excluding hydrogens is 697 g/mol. The van der Waals surface area contributed by atoms with E-state index in [0.717, 1.165) is 4.90 Å². The number of imide groups is 1. The third-order valence-corrected chi connectivity index (χ3v) is 9.96. The fourth-order valence-electron chi connectivity index (χ4n) is 4.95. The van der Waals surface area contributed by atoms with Crippen LogP contribution in [-0.4, -0.2) is 113 Å². The van der Waals surface area contributed by atoms with Gasteiger partial charge >= 0.3 is 29.5 Å². The Bertz CT molecular complexity index is 1580. The zero-order valence-electron chi connectivity index (χ0n) is 24.7. The number of rotatable bonds is 16. The number of fused-ring (bicyclic) bond motifs is 2. The second-order valence-corrected chi connectivity index (χ2v) is 14.7. The van der Waals surface area contributed by atoms with E-state index in [2.05, 4.69) is 30.2 Å². The molecule has 0 spiro atoms. The lowest BCUT2D eigenvalue weighted by Crippen LogP contribution is -2.73. The number of aliphatic imine (C=N–C) groups is 1. The van der Waals surface area contributed by atoms with E-state index in [1.165, 1.54) is 0 Å². The van der Waals surface area contributed by atoms with Crippen molar-refractivity contribution in [3.8, 4) is 0 Å². The SMILES string of the molecule is C=C(CCOP(=O)(O)OP(=O)(O)O)[C@@H](CO)[C@@]12Nc3cc(C)c(C)cc3N(C[C@H](O)[C@H](O)[C@H](O)COP(=O)(O)O)C1=NC(=O)NC2=O. The maximum atomic E-state index is 13.8. The molecule has 0 bridgehead atoms. The highest BCUT2D eigenvalue weighted by Gasteiger charge is 2.58. The number of benzene rings is 1. The summed E-state index contributed by atoms with van der Waals surface area (Å²) < 4.78 is 46.4. The number of nitrogens with zero attached hydrogens (tertiary/aromatic N) is 2. The van der Waals surface area contributed by atoms with Crippen LogP contribution >= 0.6 is 23.5 Å².